The van der Waals surface area contributed by atoms with Crippen LogP contribution in [0.1, 0.15) is 57.8 Å². The van der Waals surface area contributed by atoms with Crippen molar-refractivity contribution in [3.8, 4) is 0 Å². The summed E-state index contributed by atoms with van der Waals surface area (Å²) in [5.41, 5.74) is 5.40. The highest BCUT2D eigenvalue weighted by atomic mass is 16.5. The Morgan fingerprint density at radius 2 is 1.04 bits per heavy atom. The Bertz CT molecular complexity index is 984. The lowest BCUT2D eigenvalue weighted by Gasteiger charge is -2.14. The monoisotopic (exact) mass is 693 g/mol. The van der Waals surface area contributed by atoms with E-state index in [0.717, 1.165) is 0 Å². The molecule has 0 aliphatic rings. The topological polar surface area (TPSA) is 291 Å². The highest BCUT2D eigenvalue weighted by Crippen LogP contribution is 2.03. The summed E-state index contributed by atoms with van der Waals surface area (Å²) in [6.45, 7) is 1.61. The SMILES string of the molecule is N[C@@H](CCCCNC(=O)COCCOCCNC(=O)COCCOCCNC(=O)CC[C@@H](NC(=O)CCCCC(=O)O)C(=O)O)C(=O)O. The number of hydrogen-bond acceptors (Lipinski definition) is 12. The molecule has 0 aromatic rings. The van der Waals surface area contributed by atoms with E-state index >= 15 is 0 Å². The van der Waals surface area contributed by atoms with Crippen LogP contribution in [0.25, 0.3) is 0 Å². The van der Waals surface area contributed by atoms with Crippen molar-refractivity contribution in [1.29, 1.82) is 0 Å². The lowest BCUT2D eigenvalue weighted by molar-refractivity contribution is -0.142. The molecule has 0 unspecified atom stereocenters. The molecule has 0 aliphatic heterocycles. The molecule has 48 heavy (non-hydrogen) atoms. The van der Waals surface area contributed by atoms with Crippen molar-refractivity contribution in [3.05, 3.63) is 0 Å². The zero-order valence-corrected chi connectivity index (χ0v) is 27.2. The minimum atomic E-state index is -1.28. The van der Waals surface area contributed by atoms with Gasteiger partial charge < -0.3 is 61.3 Å². The maximum absolute atomic E-state index is 12.0. The van der Waals surface area contributed by atoms with Crippen LogP contribution in [0.15, 0.2) is 0 Å². The first kappa shape index (κ1) is 44.1. The van der Waals surface area contributed by atoms with Gasteiger partial charge in [-0.1, -0.05) is 0 Å². The molecule has 0 bridgehead atoms. The summed E-state index contributed by atoms with van der Waals surface area (Å²) in [6.07, 6.45) is 1.81. The Morgan fingerprint density at radius 1 is 0.521 bits per heavy atom. The molecule has 0 saturated heterocycles. The second-order valence-corrected chi connectivity index (χ2v) is 10.4. The second-order valence-electron chi connectivity index (χ2n) is 10.4. The van der Waals surface area contributed by atoms with Crippen molar-refractivity contribution < 1.29 is 67.8 Å². The largest absolute Gasteiger partial charge is 0.481 e. The Balaban J connectivity index is 3.64. The third kappa shape index (κ3) is 28.3. The van der Waals surface area contributed by atoms with Gasteiger partial charge in [0.15, 0.2) is 0 Å². The maximum atomic E-state index is 12.0. The van der Waals surface area contributed by atoms with Crippen LogP contribution in [0.4, 0.5) is 0 Å². The average Bonchev–Trinajstić information content (AvgIpc) is 3.03. The van der Waals surface area contributed by atoms with Gasteiger partial charge in [0, 0.05) is 38.9 Å². The number of carboxylic acid groups (broad SMARTS) is 3. The molecule has 0 fully saturated rings. The smallest absolute Gasteiger partial charge is 0.326 e. The summed E-state index contributed by atoms with van der Waals surface area (Å²) in [5, 5.41) is 36.7. The molecule has 2 atom stereocenters. The fourth-order valence-electron chi connectivity index (χ4n) is 3.69. The standard InChI is InChI=1S/C29H51N5O14/c30-21(28(41)42)5-3-4-10-31-25(37)19-47-17-16-46-14-12-33-26(38)20-48-18-15-45-13-11-32-23(35)9-8-22(29(43)44)34-24(36)6-1-2-7-27(39)40/h21-22H,1-20,30H2,(H,31,37)(H,32,35)(H,33,38)(H,34,36)(H,39,40)(H,41,42)(H,43,44)/t21-,22+/m0/s1. The molecule has 276 valence electrons. The van der Waals surface area contributed by atoms with Crippen LogP contribution in [0.2, 0.25) is 0 Å². The van der Waals surface area contributed by atoms with E-state index in [9.17, 15) is 38.7 Å². The van der Waals surface area contributed by atoms with Gasteiger partial charge in [0.1, 0.15) is 25.3 Å². The van der Waals surface area contributed by atoms with Crippen LogP contribution in [-0.4, -0.2) is 141 Å². The molecule has 4 amide bonds. The summed E-state index contributed by atoms with van der Waals surface area (Å²) >= 11 is 0. The molecule has 0 rings (SSSR count). The average molecular weight is 694 g/mol. The molecular formula is C29H51N5O14. The first-order valence-electron chi connectivity index (χ1n) is 15.8. The predicted molar refractivity (Wildman–Crippen MR) is 167 cm³/mol. The first-order valence-corrected chi connectivity index (χ1v) is 15.8. The van der Waals surface area contributed by atoms with Crippen molar-refractivity contribution in [3.63, 3.8) is 0 Å². The van der Waals surface area contributed by atoms with Crippen LogP contribution in [0.5, 0.6) is 0 Å². The summed E-state index contributed by atoms with van der Waals surface area (Å²) in [7, 11) is 0. The van der Waals surface area contributed by atoms with Gasteiger partial charge in [0.25, 0.3) is 0 Å². The minimum Gasteiger partial charge on any atom is -0.481 e. The molecule has 0 aromatic carbocycles. The third-order valence-corrected chi connectivity index (χ3v) is 6.27. The van der Waals surface area contributed by atoms with Gasteiger partial charge >= 0.3 is 17.9 Å². The van der Waals surface area contributed by atoms with Crippen molar-refractivity contribution in [2.24, 2.45) is 5.73 Å². The van der Waals surface area contributed by atoms with Crippen LogP contribution in [0.3, 0.4) is 0 Å². The fraction of sp³-hybridized carbons (Fsp3) is 0.759. The number of carbonyl (C=O) groups excluding carboxylic acids is 4. The Kier molecular flexibility index (Phi) is 26.9. The fourth-order valence-corrected chi connectivity index (χ4v) is 3.69. The van der Waals surface area contributed by atoms with Gasteiger partial charge in [-0.15, -0.1) is 0 Å². The highest BCUT2D eigenvalue weighted by Gasteiger charge is 2.21. The predicted octanol–water partition coefficient (Wildman–Crippen LogP) is -2.02. The van der Waals surface area contributed by atoms with Crippen LogP contribution >= 0.6 is 0 Å². The van der Waals surface area contributed by atoms with E-state index < -0.39 is 41.8 Å². The Morgan fingerprint density at radius 3 is 1.58 bits per heavy atom. The number of rotatable bonds is 32. The summed E-state index contributed by atoms with van der Waals surface area (Å²) < 4.78 is 21.0. The number of amides is 4. The minimum absolute atomic E-state index is 0.00748. The first-order chi connectivity index (χ1) is 22.9. The van der Waals surface area contributed by atoms with E-state index in [1.807, 2.05) is 0 Å². The summed E-state index contributed by atoms with van der Waals surface area (Å²) in [5.74, 6) is -4.89. The molecule has 19 nitrogen and oxygen atoms in total. The van der Waals surface area contributed by atoms with Crippen LogP contribution in [0, 0.1) is 0 Å². The van der Waals surface area contributed by atoms with E-state index in [1.165, 1.54) is 0 Å². The molecule has 0 heterocycles. The van der Waals surface area contributed by atoms with Crippen molar-refractivity contribution in [2.45, 2.75) is 69.9 Å². The number of ether oxygens (including phenoxy) is 4. The number of aliphatic carboxylic acids is 3. The molecule has 0 aromatic heterocycles. The van der Waals surface area contributed by atoms with E-state index in [1.54, 1.807) is 0 Å². The molecule has 0 saturated carbocycles. The summed E-state index contributed by atoms with van der Waals surface area (Å²) in [6, 6.07) is -2.14. The van der Waals surface area contributed by atoms with E-state index in [0.29, 0.717) is 38.6 Å². The molecule has 9 N–H and O–H groups in total. The maximum Gasteiger partial charge on any atom is 0.326 e. The normalized spacial score (nSPS) is 12.0. The van der Waals surface area contributed by atoms with E-state index in [-0.39, 0.29) is 103 Å². The van der Waals surface area contributed by atoms with Gasteiger partial charge in [-0.3, -0.25) is 28.8 Å². The lowest BCUT2D eigenvalue weighted by atomic mass is 10.1. The van der Waals surface area contributed by atoms with Crippen molar-refractivity contribution >= 4 is 41.5 Å². The number of nitrogens with one attached hydrogen (secondary N) is 4. The zero-order valence-electron chi connectivity index (χ0n) is 27.2. The molecular weight excluding hydrogens is 642 g/mol. The number of hydrogen-bond donors (Lipinski definition) is 8. The Labute approximate surface area is 278 Å². The molecule has 19 heteroatoms. The van der Waals surface area contributed by atoms with Gasteiger partial charge in [0.05, 0.1) is 39.6 Å². The highest BCUT2D eigenvalue weighted by molar-refractivity contribution is 5.84. The van der Waals surface area contributed by atoms with Gasteiger partial charge in [-0.05, 0) is 38.5 Å². The van der Waals surface area contributed by atoms with Crippen molar-refractivity contribution in [1.82, 2.24) is 21.3 Å². The number of carbonyl (C=O) groups is 7. The molecule has 0 spiro atoms. The lowest BCUT2D eigenvalue weighted by Crippen LogP contribution is -2.41. The van der Waals surface area contributed by atoms with Crippen LogP contribution in [-0.2, 0) is 52.5 Å². The van der Waals surface area contributed by atoms with Gasteiger partial charge in [-0.25, -0.2) is 4.79 Å². The number of unbranched alkanes of at least 4 members (excludes halogenated alkanes) is 2. The van der Waals surface area contributed by atoms with E-state index in [2.05, 4.69) is 21.3 Å². The molecule has 0 aliphatic carbocycles. The zero-order chi connectivity index (χ0) is 36.0. The Hall–Kier alpha value is -3.91. The van der Waals surface area contributed by atoms with Crippen LogP contribution < -0.4 is 27.0 Å². The second kappa shape index (κ2) is 29.2. The quantitative estimate of drug-likeness (QED) is 0.0353. The van der Waals surface area contributed by atoms with E-state index in [4.69, 9.17) is 34.9 Å². The third-order valence-electron chi connectivity index (χ3n) is 6.27. The summed E-state index contributed by atoms with van der Waals surface area (Å²) in [4.78, 5) is 79.8. The molecule has 0 radical (unpaired) electrons. The number of carboxylic acids is 3. The number of nitrogens with two attached hydrogens (primary N) is 1. The van der Waals surface area contributed by atoms with Crippen molar-refractivity contribution in [2.75, 3.05) is 72.5 Å². The van der Waals surface area contributed by atoms with Gasteiger partial charge in [0.2, 0.25) is 23.6 Å². The van der Waals surface area contributed by atoms with Gasteiger partial charge in [-0.2, -0.15) is 0 Å².